The Kier molecular flexibility index (Phi) is 2.51. The maximum atomic E-state index is 12.6. The number of ketones is 1. The Labute approximate surface area is 139 Å². The lowest BCUT2D eigenvalue weighted by atomic mass is 9.40. The molecule has 0 amide bonds. The Morgan fingerprint density at radius 2 is 1.83 bits per heavy atom. The zero-order chi connectivity index (χ0) is 16.4. The molecule has 1 N–H and O–H groups in total. The van der Waals surface area contributed by atoms with Gasteiger partial charge in [0.25, 0.3) is 0 Å². The predicted octanol–water partition coefficient (Wildman–Crippen LogP) is 3.34. The second-order valence-electron chi connectivity index (χ2n) is 10.4. The van der Waals surface area contributed by atoms with Crippen LogP contribution in [0.4, 0.5) is 0 Å². The summed E-state index contributed by atoms with van der Waals surface area (Å²) in [6.45, 7) is 8.93. The number of Topliss-reactive ketones (excluding diaryl/α,β-unsaturated/α-hetero) is 1. The van der Waals surface area contributed by atoms with E-state index in [9.17, 15) is 9.90 Å². The van der Waals surface area contributed by atoms with E-state index >= 15 is 0 Å². The van der Waals surface area contributed by atoms with Gasteiger partial charge in [0, 0.05) is 17.3 Å². The average molecular weight is 318 g/mol. The minimum Gasteiger partial charge on any atom is -0.385 e. The van der Waals surface area contributed by atoms with Gasteiger partial charge in [0.1, 0.15) is 6.10 Å². The number of epoxide rings is 1. The third-order valence-electron chi connectivity index (χ3n) is 9.25. The minimum absolute atomic E-state index is 0.0419. The van der Waals surface area contributed by atoms with Gasteiger partial charge in [0.05, 0.1) is 11.7 Å². The maximum absolute atomic E-state index is 12.6. The zero-order valence-electron chi connectivity index (χ0n) is 14.9. The first-order chi connectivity index (χ1) is 10.7. The molecule has 0 aromatic rings. The molecule has 0 aromatic carbocycles. The van der Waals surface area contributed by atoms with E-state index in [1.807, 2.05) is 0 Å². The molecule has 4 aliphatic carbocycles. The van der Waals surface area contributed by atoms with Crippen molar-refractivity contribution in [2.24, 2.45) is 34.0 Å². The molecule has 3 heteroatoms. The summed E-state index contributed by atoms with van der Waals surface area (Å²) in [5.74, 6) is 1.85. The largest absolute Gasteiger partial charge is 0.385 e. The highest BCUT2D eigenvalue weighted by molar-refractivity contribution is 5.85. The number of hydrogen-bond acceptors (Lipinski definition) is 3. The molecule has 4 saturated carbocycles. The fourth-order valence-electron chi connectivity index (χ4n) is 8.28. The summed E-state index contributed by atoms with van der Waals surface area (Å²) in [5, 5.41) is 10.5. The van der Waals surface area contributed by atoms with Crippen LogP contribution in [0.5, 0.6) is 0 Å². The molecule has 0 aromatic heterocycles. The summed E-state index contributed by atoms with van der Waals surface area (Å²) in [7, 11) is 0. The number of ether oxygens (including phenoxy) is 1. The molecule has 1 heterocycles. The van der Waals surface area contributed by atoms with Crippen LogP contribution in [0.1, 0.15) is 66.2 Å². The normalized spacial score (nSPS) is 62.3. The number of carbonyl (C=O) groups is 1. The van der Waals surface area contributed by atoms with Gasteiger partial charge in [-0.15, -0.1) is 0 Å². The molecule has 128 valence electrons. The fourth-order valence-corrected chi connectivity index (χ4v) is 8.28. The molecule has 0 radical (unpaired) electrons. The first-order valence-corrected chi connectivity index (χ1v) is 9.55. The van der Waals surface area contributed by atoms with E-state index in [1.54, 1.807) is 0 Å². The zero-order valence-corrected chi connectivity index (χ0v) is 14.9. The van der Waals surface area contributed by atoms with Crippen molar-refractivity contribution in [1.29, 1.82) is 0 Å². The summed E-state index contributed by atoms with van der Waals surface area (Å²) in [4.78, 5) is 12.6. The molecule has 5 aliphatic rings. The van der Waals surface area contributed by atoms with Gasteiger partial charge in [-0.05, 0) is 62.2 Å². The minimum atomic E-state index is -0.781. The van der Waals surface area contributed by atoms with Gasteiger partial charge in [-0.25, -0.2) is 0 Å². The standard InChI is InChI=1S/C20H30O3/c1-17(2)13-7-8-20-9-11(19(4)16(20)23-19)5-6-14(20)18(13,3)10-12(21)15(17)22/h11,13-16,22H,5-10H2,1-4H3/t11-,13+,14-,15+,16-,18+,19-,20-/m0/s1. The van der Waals surface area contributed by atoms with Crippen LogP contribution in [-0.2, 0) is 9.53 Å². The third kappa shape index (κ3) is 1.45. The molecule has 2 bridgehead atoms. The van der Waals surface area contributed by atoms with E-state index in [2.05, 4.69) is 27.7 Å². The number of fused-ring (bicyclic) bond motifs is 5. The predicted molar refractivity (Wildman–Crippen MR) is 86.8 cm³/mol. The van der Waals surface area contributed by atoms with Crippen LogP contribution >= 0.6 is 0 Å². The average Bonchev–Trinajstić information content (AvgIpc) is 3.14. The van der Waals surface area contributed by atoms with Crippen molar-refractivity contribution >= 4 is 5.78 Å². The Morgan fingerprint density at radius 1 is 1.09 bits per heavy atom. The second kappa shape index (κ2) is 3.88. The smallest absolute Gasteiger partial charge is 0.162 e. The molecule has 5 rings (SSSR count). The highest BCUT2D eigenvalue weighted by Gasteiger charge is 2.79. The van der Waals surface area contributed by atoms with Crippen molar-refractivity contribution in [3.05, 3.63) is 0 Å². The van der Waals surface area contributed by atoms with Gasteiger partial charge >= 0.3 is 0 Å². The van der Waals surface area contributed by atoms with E-state index in [0.717, 1.165) is 12.3 Å². The maximum Gasteiger partial charge on any atom is 0.162 e. The van der Waals surface area contributed by atoms with Crippen molar-refractivity contribution in [3.8, 4) is 0 Å². The Hall–Kier alpha value is -0.410. The van der Waals surface area contributed by atoms with E-state index in [-0.39, 0.29) is 22.2 Å². The Bertz CT molecular complexity index is 598. The molecule has 0 unspecified atom stereocenters. The monoisotopic (exact) mass is 318 g/mol. The van der Waals surface area contributed by atoms with Crippen molar-refractivity contribution in [2.75, 3.05) is 0 Å². The number of rotatable bonds is 0. The fraction of sp³-hybridized carbons (Fsp3) is 0.950. The number of hydrogen-bond donors (Lipinski definition) is 1. The van der Waals surface area contributed by atoms with Crippen LogP contribution in [0.3, 0.4) is 0 Å². The van der Waals surface area contributed by atoms with E-state index in [0.29, 0.717) is 29.8 Å². The first-order valence-electron chi connectivity index (χ1n) is 9.55. The topological polar surface area (TPSA) is 49.8 Å². The van der Waals surface area contributed by atoms with Gasteiger partial charge in [-0.1, -0.05) is 20.8 Å². The van der Waals surface area contributed by atoms with Crippen LogP contribution in [-0.4, -0.2) is 28.7 Å². The van der Waals surface area contributed by atoms with Crippen molar-refractivity contribution in [3.63, 3.8) is 0 Å². The van der Waals surface area contributed by atoms with E-state index in [4.69, 9.17) is 4.74 Å². The van der Waals surface area contributed by atoms with E-state index < -0.39 is 6.10 Å². The van der Waals surface area contributed by atoms with Crippen molar-refractivity contribution in [2.45, 2.75) is 84.0 Å². The first kappa shape index (κ1) is 14.9. The Balaban J connectivity index is 1.60. The van der Waals surface area contributed by atoms with E-state index in [1.165, 1.54) is 25.7 Å². The highest BCUT2D eigenvalue weighted by Crippen LogP contribution is 2.77. The summed E-state index contributed by atoms with van der Waals surface area (Å²) in [6.07, 6.45) is 6.45. The molecule has 1 spiro atoms. The molecular weight excluding hydrogens is 288 g/mol. The molecule has 8 atom stereocenters. The molecule has 3 nitrogen and oxygen atoms in total. The molecule has 1 aliphatic heterocycles. The highest BCUT2D eigenvalue weighted by atomic mass is 16.6. The van der Waals surface area contributed by atoms with Crippen LogP contribution in [0.15, 0.2) is 0 Å². The van der Waals surface area contributed by atoms with Crippen molar-refractivity contribution < 1.29 is 14.6 Å². The van der Waals surface area contributed by atoms with Gasteiger partial charge in [0.15, 0.2) is 5.78 Å². The van der Waals surface area contributed by atoms with Gasteiger partial charge in [0.2, 0.25) is 0 Å². The van der Waals surface area contributed by atoms with Crippen LogP contribution < -0.4 is 0 Å². The van der Waals surface area contributed by atoms with Gasteiger partial charge in [-0.3, -0.25) is 4.79 Å². The summed E-state index contributed by atoms with van der Waals surface area (Å²) >= 11 is 0. The quantitative estimate of drug-likeness (QED) is 0.697. The second-order valence-corrected chi connectivity index (χ2v) is 10.4. The van der Waals surface area contributed by atoms with Crippen molar-refractivity contribution in [1.82, 2.24) is 0 Å². The lowest BCUT2D eigenvalue weighted by molar-refractivity contribution is -0.193. The number of aliphatic hydroxyl groups excluding tert-OH is 1. The van der Waals surface area contributed by atoms with Crippen LogP contribution in [0.2, 0.25) is 0 Å². The lowest BCUT2D eigenvalue weighted by Crippen LogP contribution is -2.63. The number of carbonyl (C=O) groups excluding carboxylic acids is 1. The SMILES string of the molecule is CC1(C)[C@H](O)C(=O)C[C@]2(C)[C@@H]1CC[C@]13C[C@H](CC[C@@H]21)[C@]1(C)O[C@H]31. The molecular formula is C20H30O3. The number of aliphatic hydroxyl groups is 1. The summed E-state index contributed by atoms with van der Waals surface area (Å²) in [6, 6.07) is 0. The lowest BCUT2D eigenvalue weighted by Gasteiger charge is -2.64. The van der Waals surface area contributed by atoms with Gasteiger partial charge < -0.3 is 9.84 Å². The van der Waals surface area contributed by atoms with Crippen LogP contribution in [0.25, 0.3) is 0 Å². The molecule has 1 saturated heterocycles. The van der Waals surface area contributed by atoms with Gasteiger partial charge in [-0.2, -0.15) is 0 Å². The summed E-state index contributed by atoms with van der Waals surface area (Å²) < 4.78 is 6.26. The summed E-state index contributed by atoms with van der Waals surface area (Å²) in [5.41, 5.74) is 0.211. The third-order valence-corrected chi connectivity index (χ3v) is 9.25. The van der Waals surface area contributed by atoms with Crippen LogP contribution in [0, 0.1) is 34.0 Å². The molecule has 5 fully saturated rings. The Morgan fingerprint density at radius 3 is 2.57 bits per heavy atom. The molecule has 23 heavy (non-hydrogen) atoms.